The topological polar surface area (TPSA) is 73.6 Å². The Morgan fingerprint density at radius 2 is 2.39 bits per heavy atom. The van der Waals surface area contributed by atoms with Gasteiger partial charge in [0.2, 0.25) is 0 Å². The molecule has 1 N–H and O–H groups in total. The molecule has 0 bridgehead atoms. The largest absolute Gasteiger partial charge is 0.507 e. The number of phenols is 1. The highest BCUT2D eigenvalue weighted by molar-refractivity contribution is 5.97. The van der Waals surface area contributed by atoms with E-state index < -0.39 is 6.10 Å². The van der Waals surface area contributed by atoms with Gasteiger partial charge >= 0.3 is 0 Å². The Kier molecular flexibility index (Phi) is 3.49. The number of nitriles is 1. The number of phenolic OH excluding ortho intramolecular Hbond substituents is 1. The average Bonchev–Trinajstić information content (AvgIpc) is 2.38. The summed E-state index contributed by atoms with van der Waals surface area (Å²) < 4.78 is 5.25. The van der Waals surface area contributed by atoms with Crippen LogP contribution in [0, 0.1) is 11.3 Å². The fraction of sp³-hybridized carbons (Fsp3) is 0.385. The van der Waals surface area contributed by atoms with Crippen molar-refractivity contribution in [3.63, 3.8) is 0 Å². The van der Waals surface area contributed by atoms with Gasteiger partial charge in [0.05, 0.1) is 24.8 Å². The minimum Gasteiger partial charge on any atom is -0.507 e. The van der Waals surface area contributed by atoms with Crippen LogP contribution in [0.2, 0.25) is 0 Å². The van der Waals surface area contributed by atoms with Crippen molar-refractivity contribution in [2.24, 2.45) is 0 Å². The van der Waals surface area contributed by atoms with Gasteiger partial charge in [-0.25, -0.2) is 0 Å². The van der Waals surface area contributed by atoms with Crippen molar-refractivity contribution in [2.75, 3.05) is 24.6 Å². The lowest BCUT2D eigenvalue weighted by Gasteiger charge is -2.31. The number of ketones is 1. The SMILES string of the molecule is CC(=O)c1ccc(N2CCOC(C#N)C2)cc1O. The van der Waals surface area contributed by atoms with E-state index in [1.165, 1.54) is 6.92 Å². The van der Waals surface area contributed by atoms with Crippen LogP contribution in [0.4, 0.5) is 5.69 Å². The van der Waals surface area contributed by atoms with Crippen LogP contribution in [0.15, 0.2) is 18.2 Å². The molecular weight excluding hydrogens is 232 g/mol. The lowest BCUT2D eigenvalue weighted by atomic mass is 10.1. The van der Waals surface area contributed by atoms with Crippen LogP contribution in [-0.4, -0.2) is 36.7 Å². The third-order valence-corrected chi connectivity index (χ3v) is 2.94. The predicted octanol–water partition coefficient (Wildman–Crippen LogP) is 1.32. The normalized spacial score (nSPS) is 19.3. The van der Waals surface area contributed by atoms with E-state index in [0.29, 0.717) is 25.3 Å². The Morgan fingerprint density at radius 1 is 1.61 bits per heavy atom. The zero-order valence-electron chi connectivity index (χ0n) is 10.1. The van der Waals surface area contributed by atoms with Crippen molar-refractivity contribution in [1.29, 1.82) is 5.26 Å². The second-order valence-corrected chi connectivity index (χ2v) is 4.19. The number of hydrogen-bond acceptors (Lipinski definition) is 5. The first-order valence-corrected chi connectivity index (χ1v) is 5.72. The van der Waals surface area contributed by atoms with Crippen LogP contribution >= 0.6 is 0 Å². The number of aromatic hydroxyl groups is 1. The highest BCUT2D eigenvalue weighted by atomic mass is 16.5. The van der Waals surface area contributed by atoms with E-state index in [4.69, 9.17) is 10.00 Å². The Bertz CT molecular complexity index is 507. The van der Waals surface area contributed by atoms with Gasteiger partial charge in [0.1, 0.15) is 5.75 Å². The minimum atomic E-state index is -0.451. The summed E-state index contributed by atoms with van der Waals surface area (Å²) >= 11 is 0. The quantitative estimate of drug-likeness (QED) is 0.797. The van der Waals surface area contributed by atoms with Crippen molar-refractivity contribution in [2.45, 2.75) is 13.0 Å². The molecule has 1 atom stereocenters. The lowest BCUT2D eigenvalue weighted by Crippen LogP contribution is -2.41. The first-order valence-electron chi connectivity index (χ1n) is 5.72. The molecule has 18 heavy (non-hydrogen) atoms. The summed E-state index contributed by atoms with van der Waals surface area (Å²) in [7, 11) is 0. The van der Waals surface area contributed by atoms with Gasteiger partial charge in [0.15, 0.2) is 11.9 Å². The summed E-state index contributed by atoms with van der Waals surface area (Å²) in [5, 5.41) is 18.6. The fourth-order valence-electron chi connectivity index (χ4n) is 1.98. The molecule has 0 aromatic heterocycles. The molecular formula is C13H14N2O3. The second kappa shape index (κ2) is 5.07. The number of carbonyl (C=O) groups excluding carboxylic acids is 1. The predicted molar refractivity (Wildman–Crippen MR) is 65.7 cm³/mol. The lowest BCUT2D eigenvalue weighted by molar-refractivity contribution is 0.0764. The molecule has 0 radical (unpaired) electrons. The maximum atomic E-state index is 11.2. The van der Waals surface area contributed by atoms with E-state index in [0.717, 1.165) is 5.69 Å². The Labute approximate surface area is 105 Å². The van der Waals surface area contributed by atoms with Gasteiger partial charge < -0.3 is 14.7 Å². The molecule has 0 amide bonds. The van der Waals surface area contributed by atoms with E-state index in [1.54, 1.807) is 18.2 Å². The van der Waals surface area contributed by atoms with E-state index >= 15 is 0 Å². The highest BCUT2D eigenvalue weighted by Gasteiger charge is 2.21. The molecule has 0 spiro atoms. The fourth-order valence-corrected chi connectivity index (χ4v) is 1.98. The van der Waals surface area contributed by atoms with E-state index in [9.17, 15) is 9.90 Å². The van der Waals surface area contributed by atoms with Gasteiger partial charge in [0, 0.05) is 18.3 Å². The summed E-state index contributed by atoms with van der Waals surface area (Å²) in [6.45, 7) is 3.02. The number of rotatable bonds is 2. The third kappa shape index (κ3) is 2.44. The molecule has 1 aliphatic rings. The number of carbonyl (C=O) groups is 1. The molecule has 1 aliphatic heterocycles. The summed E-state index contributed by atoms with van der Waals surface area (Å²) in [6, 6.07) is 6.99. The number of benzene rings is 1. The van der Waals surface area contributed by atoms with Crippen LogP contribution in [-0.2, 0) is 4.74 Å². The average molecular weight is 246 g/mol. The first-order chi connectivity index (χ1) is 8.61. The number of hydrogen-bond donors (Lipinski definition) is 1. The van der Waals surface area contributed by atoms with Crippen molar-refractivity contribution in [3.05, 3.63) is 23.8 Å². The van der Waals surface area contributed by atoms with Crippen LogP contribution in [0.25, 0.3) is 0 Å². The number of anilines is 1. The van der Waals surface area contributed by atoms with E-state index in [-0.39, 0.29) is 11.5 Å². The highest BCUT2D eigenvalue weighted by Crippen LogP contribution is 2.26. The van der Waals surface area contributed by atoms with E-state index in [1.807, 2.05) is 4.90 Å². The Morgan fingerprint density at radius 3 is 3.00 bits per heavy atom. The molecule has 1 fully saturated rings. The van der Waals surface area contributed by atoms with E-state index in [2.05, 4.69) is 6.07 Å². The molecule has 2 rings (SSSR count). The van der Waals surface area contributed by atoms with Gasteiger partial charge in [-0.1, -0.05) is 0 Å². The molecule has 1 saturated heterocycles. The molecule has 5 heteroatoms. The molecule has 94 valence electrons. The van der Waals surface area contributed by atoms with Crippen LogP contribution in [0.3, 0.4) is 0 Å². The summed E-state index contributed by atoms with van der Waals surface area (Å²) in [5.41, 5.74) is 1.10. The zero-order chi connectivity index (χ0) is 13.1. The van der Waals surface area contributed by atoms with Crippen molar-refractivity contribution >= 4 is 11.5 Å². The van der Waals surface area contributed by atoms with Gasteiger partial charge in [-0.3, -0.25) is 4.79 Å². The van der Waals surface area contributed by atoms with Gasteiger partial charge in [-0.15, -0.1) is 0 Å². The van der Waals surface area contributed by atoms with Crippen LogP contribution in [0.1, 0.15) is 17.3 Å². The summed E-state index contributed by atoms with van der Waals surface area (Å²) in [6.07, 6.45) is -0.451. The number of nitrogens with zero attached hydrogens (tertiary/aromatic N) is 2. The monoisotopic (exact) mass is 246 g/mol. The number of morpholine rings is 1. The third-order valence-electron chi connectivity index (χ3n) is 2.94. The molecule has 5 nitrogen and oxygen atoms in total. The molecule has 1 unspecified atom stereocenters. The number of Topliss-reactive ketones (excluding diaryl/α,β-unsaturated/α-hetero) is 1. The number of ether oxygens (including phenoxy) is 1. The Hall–Kier alpha value is -2.06. The van der Waals surface area contributed by atoms with Crippen LogP contribution in [0.5, 0.6) is 5.75 Å². The molecule has 0 aliphatic carbocycles. The maximum Gasteiger partial charge on any atom is 0.163 e. The summed E-state index contributed by atoms with van der Waals surface area (Å²) in [5.74, 6) is -0.198. The Balaban J connectivity index is 2.21. The zero-order valence-corrected chi connectivity index (χ0v) is 10.1. The second-order valence-electron chi connectivity index (χ2n) is 4.19. The molecule has 1 heterocycles. The minimum absolute atomic E-state index is 0.0278. The van der Waals surface area contributed by atoms with Crippen molar-refractivity contribution in [3.8, 4) is 11.8 Å². The maximum absolute atomic E-state index is 11.2. The molecule has 1 aromatic carbocycles. The van der Waals surface area contributed by atoms with Crippen molar-refractivity contribution in [1.82, 2.24) is 0 Å². The molecule has 1 aromatic rings. The molecule has 0 saturated carbocycles. The van der Waals surface area contributed by atoms with Crippen LogP contribution < -0.4 is 4.90 Å². The standard InChI is InChI=1S/C13H14N2O3/c1-9(16)12-3-2-10(6-13(12)17)15-4-5-18-11(7-14)8-15/h2-3,6,11,17H,4-5,8H2,1H3. The van der Waals surface area contributed by atoms with Crippen molar-refractivity contribution < 1.29 is 14.6 Å². The van der Waals surface area contributed by atoms with Gasteiger partial charge in [-0.2, -0.15) is 5.26 Å². The van der Waals surface area contributed by atoms with Gasteiger partial charge in [0.25, 0.3) is 0 Å². The first kappa shape index (κ1) is 12.4. The smallest absolute Gasteiger partial charge is 0.163 e. The van der Waals surface area contributed by atoms with Gasteiger partial charge in [-0.05, 0) is 19.1 Å². The summed E-state index contributed by atoms with van der Waals surface area (Å²) in [4.78, 5) is 13.2.